The van der Waals surface area contributed by atoms with Crippen LogP contribution in [-0.4, -0.2) is 52.3 Å². The van der Waals surface area contributed by atoms with Gasteiger partial charge in [-0.1, -0.05) is 6.92 Å². The van der Waals surface area contributed by atoms with Crippen LogP contribution in [0.4, 0.5) is 4.79 Å². The molecule has 5 nitrogen and oxygen atoms in total. The van der Waals surface area contributed by atoms with Gasteiger partial charge in [0.2, 0.25) is 0 Å². The molecule has 0 aromatic rings. The third-order valence-electron chi connectivity index (χ3n) is 3.61. The van der Waals surface area contributed by atoms with Gasteiger partial charge in [0.15, 0.2) is 0 Å². The SMILES string of the molecule is CCSCCC1(C(=O)O)CCCN(C(=O)OC(C)(C)C)C1. The van der Waals surface area contributed by atoms with Crippen LogP contribution in [-0.2, 0) is 9.53 Å². The van der Waals surface area contributed by atoms with Crippen LogP contribution in [0.5, 0.6) is 0 Å². The number of hydrogen-bond acceptors (Lipinski definition) is 4. The second kappa shape index (κ2) is 7.38. The molecule has 1 amide bonds. The normalized spacial score (nSPS) is 23.0. The summed E-state index contributed by atoms with van der Waals surface area (Å²) in [4.78, 5) is 25.5. The molecule has 1 fully saturated rings. The summed E-state index contributed by atoms with van der Waals surface area (Å²) in [5.74, 6) is 0.989. The van der Waals surface area contributed by atoms with Crippen molar-refractivity contribution in [3.05, 3.63) is 0 Å². The number of carbonyl (C=O) groups excluding carboxylic acids is 1. The molecular formula is C15H27NO4S. The summed E-state index contributed by atoms with van der Waals surface area (Å²) in [6, 6.07) is 0. The second-order valence-corrected chi connectivity index (χ2v) is 7.93. The van der Waals surface area contributed by atoms with Crippen LogP contribution in [0.2, 0.25) is 0 Å². The van der Waals surface area contributed by atoms with E-state index in [0.29, 0.717) is 25.8 Å². The minimum Gasteiger partial charge on any atom is -0.481 e. The second-order valence-electron chi connectivity index (χ2n) is 6.54. The monoisotopic (exact) mass is 317 g/mol. The number of ether oxygens (including phenoxy) is 1. The van der Waals surface area contributed by atoms with Crippen molar-refractivity contribution >= 4 is 23.8 Å². The number of thioether (sulfide) groups is 1. The molecule has 0 bridgehead atoms. The van der Waals surface area contributed by atoms with Crippen LogP contribution in [0, 0.1) is 5.41 Å². The van der Waals surface area contributed by atoms with Gasteiger partial charge in [-0.05, 0) is 51.5 Å². The van der Waals surface area contributed by atoms with E-state index >= 15 is 0 Å². The van der Waals surface area contributed by atoms with Crippen molar-refractivity contribution in [1.29, 1.82) is 0 Å². The first-order valence-electron chi connectivity index (χ1n) is 7.49. The fourth-order valence-electron chi connectivity index (χ4n) is 2.51. The van der Waals surface area contributed by atoms with Gasteiger partial charge < -0.3 is 14.7 Å². The molecule has 1 atom stereocenters. The van der Waals surface area contributed by atoms with Crippen LogP contribution >= 0.6 is 11.8 Å². The maximum atomic E-state index is 12.2. The third-order valence-corrected chi connectivity index (χ3v) is 4.51. The lowest BCUT2D eigenvalue weighted by atomic mass is 9.78. The zero-order chi connectivity index (χ0) is 16.1. The number of carboxylic acids is 1. The molecule has 0 aromatic carbocycles. The van der Waals surface area contributed by atoms with Crippen LogP contribution in [0.1, 0.15) is 47.0 Å². The minimum absolute atomic E-state index is 0.252. The van der Waals surface area contributed by atoms with Crippen LogP contribution < -0.4 is 0 Å². The number of aliphatic carboxylic acids is 1. The first kappa shape index (κ1) is 18.1. The van der Waals surface area contributed by atoms with E-state index in [1.807, 2.05) is 20.8 Å². The number of rotatable bonds is 5. The molecule has 1 N–H and O–H groups in total. The predicted octanol–water partition coefficient (Wildman–Crippen LogP) is 3.23. The molecular weight excluding hydrogens is 290 g/mol. The molecule has 1 aliphatic rings. The molecule has 1 aliphatic heterocycles. The first-order chi connectivity index (χ1) is 9.70. The molecule has 1 saturated heterocycles. The van der Waals surface area contributed by atoms with E-state index in [1.54, 1.807) is 16.7 Å². The topological polar surface area (TPSA) is 66.8 Å². The van der Waals surface area contributed by atoms with Gasteiger partial charge in [-0.15, -0.1) is 0 Å². The quantitative estimate of drug-likeness (QED) is 0.789. The Kier molecular flexibility index (Phi) is 6.38. The van der Waals surface area contributed by atoms with Gasteiger partial charge >= 0.3 is 12.1 Å². The van der Waals surface area contributed by atoms with Gasteiger partial charge in [0.1, 0.15) is 5.60 Å². The lowest BCUT2D eigenvalue weighted by Gasteiger charge is -2.40. The van der Waals surface area contributed by atoms with Crippen molar-refractivity contribution in [2.45, 2.75) is 52.6 Å². The number of amides is 1. The van der Waals surface area contributed by atoms with Crippen molar-refractivity contribution in [3.63, 3.8) is 0 Å². The summed E-state index contributed by atoms with van der Waals surface area (Å²) < 4.78 is 5.36. The van der Waals surface area contributed by atoms with Crippen molar-refractivity contribution in [2.24, 2.45) is 5.41 Å². The molecule has 1 rings (SSSR count). The van der Waals surface area contributed by atoms with Gasteiger partial charge in [-0.25, -0.2) is 4.79 Å². The summed E-state index contributed by atoms with van der Waals surface area (Å²) >= 11 is 1.74. The predicted molar refractivity (Wildman–Crippen MR) is 84.7 cm³/mol. The van der Waals surface area contributed by atoms with E-state index in [9.17, 15) is 14.7 Å². The Balaban J connectivity index is 2.74. The van der Waals surface area contributed by atoms with Crippen molar-refractivity contribution in [1.82, 2.24) is 4.90 Å². The Morgan fingerprint density at radius 1 is 1.38 bits per heavy atom. The fourth-order valence-corrected chi connectivity index (χ4v) is 3.34. The standard InChI is InChI=1S/C15H27NO4S/c1-5-21-10-8-15(12(17)18)7-6-9-16(11-15)13(19)20-14(2,3)4/h5-11H2,1-4H3,(H,17,18). The van der Waals surface area contributed by atoms with Crippen LogP contribution in [0.3, 0.4) is 0 Å². The van der Waals surface area contributed by atoms with Crippen LogP contribution in [0.15, 0.2) is 0 Å². The van der Waals surface area contributed by atoms with Crippen LogP contribution in [0.25, 0.3) is 0 Å². The minimum atomic E-state index is -0.822. The third kappa shape index (κ3) is 5.41. The Labute approximate surface area is 131 Å². The van der Waals surface area contributed by atoms with E-state index in [-0.39, 0.29) is 6.54 Å². The average Bonchev–Trinajstić information content (AvgIpc) is 2.37. The zero-order valence-corrected chi connectivity index (χ0v) is 14.3. The Morgan fingerprint density at radius 3 is 2.57 bits per heavy atom. The first-order valence-corrected chi connectivity index (χ1v) is 8.65. The molecule has 0 saturated carbocycles. The molecule has 122 valence electrons. The molecule has 1 unspecified atom stereocenters. The number of carbonyl (C=O) groups is 2. The van der Waals surface area contributed by atoms with Crippen molar-refractivity contribution in [3.8, 4) is 0 Å². The summed E-state index contributed by atoms with van der Waals surface area (Å²) in [6.07, 6.45) is 1.53. The number of likely N-dealkylation sites (tertiary alicyclic amines) is 1. The molecule has 0 aromatic heterocycles. The largest absolute Gasteiger partial charge is 0.481 e. The highest BCUT2D eigenvalue weighted by Gasteiger charge is 2.44. The van der Waals surface area contributed by atoms with Gasteiger partial charge in [-0.2, -0.15) is 11.8 Å². The smallest absolute Gasteiger partial charge is 0.410 e. The van der Waals surface area contributed by atoms with Gasteiger partial charge in [0.05, 0.1) is 5.41 Å². The van der Waals surface area contributed by atoms with E-state index in [2.05, 4.69) is 6.92 Å². The zero-order valence-electron chi connectivity index (χ0n) is 13.5. The molecule has 0 spiro atoms. The maximum absolute atomic E-state index is 12.2. The summed E-state index contributed by atoms with van der Waals surface area (Å²) in [7, 11) is 0. The van der Waals surface area contributed by atoms with E-state index in [0.717, 1.165) is 11.5 Å². The fraction of sp³-hybridized carbons (Fsp3) is 0.867. The highest BCUT2D eigenvalue weighted by Crippen LogP contribution is 2.35. The summed E-state index contributed by atoms with van der Waals surface area (Å²) in [5, 5.41) is 9.63. The highest BCUT2D eigenvalue weighted by atomic mass is 32.2. The Hall–Kier alpha value is -0.910. The number of hydrogen-bond donors (Lipinski definition) is 1. The lowest BCUT2D eigenvalue weighted by molar-refractivity contribution is -0.152. The van der Waals surface area contributed by atoms with Gasteiger partial charge in [0, 0.05) is 13.1 Å². The van der Waals surface area contributed by atoms with Crippen molar-refractivity contribution < 1.29 is 19.4 Å². The number of piperidine rings is 1. The maximum Gasteiger partial charge on any atom is 0.410 e. The van der Waals surface area contributed by atoms with E-state index in [1.165, 1.54) is 0 Å². The summed E-state index contributed by atoms with van der Waals surface area (Å²) in [6.45, 7) is 8.34. The summed E-state index contributed by atoms with van der Waals surface area (Å²) in [5.41, 5.74) is -1.38. The van der Waals surface area contributed by atoms with Gasteiger partial charge in [0.25, 0.3) is 0 Å². The van der Waals surface area contributed by atoms with Crippen molar-refractivity contribution in [2.75, 3.05) is 24.6 Å². The Morgan fingerprint density at radius 2 is 2.05 bits per heavy atom. The molecule has 0 aliphatic carbocycles. The average molecular weight is 317 g/mol. The van der Waals surface area contributed by atoms with E-state index in [4.69, 9.17) is 4.74 Å². The molecule has 1 heterocycles. The molecule has 21 heavy (non-hydrogen) atoms. The lowest BCUT2D eigenvalue weighted by Crippen LogP contribution is -2.51. The number of nitrogens with zero attached hydrogens (tertiary/aromatic N) is 1. The number of carboxylic acid groups (broad SMARTS) is 1. The van der Waals surface area contributed by atoms with Gasteiger partial charge in [-0.3, -0.25) is 4.79 Å². The van der Waals surface area contributed by atoms with E-state index < -0.39 is 23.1 Å². The highest BCUT2D eigenvalue weighted by molar-refractivity contribution is 7.99. The Bertz CT molecular complexity index is 380. The molecule has 0 radical (unpaired) electrons. The molecule has 6 heteroatoms.